The number of aromatic hydroxyl groups is 2. The van der Waals surface area contributed by atoms with Crippen LogP contribution in [0.15, 0.2) is 18.2 Å². The number of carbonyl (C=O) groups excluding carboxylic acids is 1. The van der Waals surface area contributed by atoms with Crippen molar-refractivity contribution in [2.75, 3.05) is 5.32 Å². The molecule has 4 N–H and O–H groups in total. The van der Waals surface area contributed by atoms with Gasteiger partial charge in [0.05, 0.1) is 5.56 Å². The highest BCUT2D eigenvalue weighted by Crippen LogP contribution is 2.42. The smallest absolute Gasteiger partial charge is 0.256 e. The van der Waals surface area contributed by atoms with Crippen LogP contribution in [-0.2, 0) is 12.8 Å². The molecule has 2 aromatic rings. The van der Waals surface area contributed by atoms with Crippen molar-refractivity contribution in [3.8, 4) is 11.5 Å². The fraction of sp³-hybridized carbons (Fsp3) is 0.312. The first-order chi connectivity index (χ1) is 10.6. The normalized spacial score (nSPS) is 19.8. The molecule has 0 spiro atoms. The van der Waals surface area contributed by atoms with Gasteiger partial charge in [0.15, 0.2) is 0 Å². The third kappa shape index (κ3) is 2.02. The van der Waals surface area contributed by atoms with Crippen LogP contribution in [-0.4, -0.2) is 16.1 Å². The monoisotopic (exact) mass is 316 g/mol. The Labute approximate surface area is 131 Å². The molecule has 0 fully saturated rings. The van der Waals surface area contributed by atoms with E-state index in [2.05, 4.69) is 10.6 Å². The van der Waals surface area contributed by atoms with Gasteiger partial charge in [-0.3, -0.25) is 4.79 Å². The zero-order valence-corrected chi connectivity index (χ0v) is 12.7. The topological polar surface area (TPSA) is 81.6 Å². The maximum absolute atomic E-state index is 12.5. The number of phenols is 2. The van der Waals surface area contributed by atoms with Crippen LogP contribution in [0.4, 0.5) is 5.00 Å². The number of hydrogen-bond donors (Lipinski definition) is 4. The van der Waals surface area contributed by atoms with Gasteiger partial charge >= 0.3 is 0 Å². The molecule has 0 bridgehead atoms. The SMILES string of the molecule is O=C1NC(c2cc(O)ccc2O)Nc2sc3c(c21)CCCC3. The molecular weight excluding hydrogens is 300 g/mol. The predicted octanol–water partition coefficient (Wildman–Crippen LogP) is 2.89. The van der Waals surface area contributed by atoms with E-state index in [1.165, 1.54) is 35.1 Å². The van der Waals surface area contributed by atoms with E-state index in [1.807, 2.05) is 0 Å². The Hall–Kier alpha value is -2.21. The van der Waals surface area contributed by atoms with Crippen LogP contribution >= 0.6 is 11.3 Å². The summed E-state index contributed by atoms with van der Waals surface area (Å²) in [4.78, 5) is 13.8. The van der Waals surface area contributed by atoms with Gasteiger partial charge in [0.1, 0.15) is 22.7 Å². The predicted molar refractivity (Wildman–Crippen MR) is 84.6 cm³/mol. The van der Waals surface area contributed by atoms with Crippen LogP contribution in [0.3, 0.4) is 0 Å². The summed E-state index contributed by atoms with van der Waals surface area (Å²) in [5.74, 6) is -0.0126. The Morgan fingerprint density at radius 3 is 2.82 bits per heavy atom. The fourth-order valence-electron chi connectivity index (χ4n) is 3.21. The molecule has 2 aliphatic rings. The number of nitrogens with one attached hydrogen (secondary N) is 2. The number of anilines is 1. The highest BCUT2D eigenvalue weighted by molar-refractivity contribution is 7.16. The van der Waals surface area contributed by atoms with Crippen molar-refractivity contribution in [1.82, 2.24) is 5.32 Å². The summed E-state index contributed by atoms with van der Waals surface area (Å²) in [6.45, 7) is 0. The molecule has 1 aromatic heterocycles. The molecule has 114 valence electrons. The zero-order valence-electron chi connectivity index (χ0n) is 11.8. The molecule has 2 heterocycles. The van der Waals surface area contributed by atoms with Crippen molar-refractivity contribution < 1.29 is 15.0 Å². The second-order valence-electron chi connectivity index (χ2n) is 5.71. The number of thiophene rings is 1. The van der Waals surface area contributed by atoms with E-state index in [0.29, 0.717) is 5.56 Å². The molecule has 1 amide bonds. The Morgan fingerprint density at radius 1 is 1.14 bits per heavy atom. The number of hydrogen-bond acceptors (Lipinski definition) is 5. The largest absolute Gasteiger partial charge is 0.508 e. The molecule has 1 unspecified atom stereocenters. The summed E-state index contributed by atoms with van der Waals surface area (Å²) < 4.78 is 0. The number of phenolic OH excluding ortho intramolecular Hbond substituents is 2. The van der Waals surface area contributed by atoms with Crippen LogP contribution in [0.25, 0.3) is 0 Å². The van der Waals surface area contributed by atoms with Crippen molar-refractivity contribution in [1.29, 1.82) is 0 Å². The average Bonchev–Trinajstić information content (AvgIpc) is 2.88. The van der Waals surface area contributed by atoms with Crippen molar-refractivity contribution in [3.05, 3.63) is 39.8 Å². The number of fused-ring (bicyclic) bond motifs is 3. The van der Waals surface area contributed by atoms with E-state index in [0.717, 1.165) is 29.8 Å². The quantitative estimate of drug-likeness (QED) is 0.610. The Bertz CT molecular complexity index is 769. The maximum atomic E-state index is 12.5. The minimum Gasteiger partial charge on any atom is -0.508 e. The lowest BCUT2D eigenvalue weighted by Crippen LogP contribution is -2.38. The third-order valence-electron chi connectivity index (χ3n) is 4.27. The van der Waals surface area contributed by atoms with Gasteiger partial charge in [-0.15, -0.1) is 11.3 Å². The Balaban J connectivity index is 1.74. The molecule has 0 saturated heterocycles. The average molecular weight is 316 g/mol. The lowest BCUT2D eigenvalue weighted by Gasteiger charge is -2.27. The second-order valence-corrected chi connectivity index (χ2v) is 6.81. The molecule has 5 nitrogen and oxygen atoms in total. The molecular formula is C16H16N2O3S. The minimum atomic E-state index is -0.535. The lowest BCUT2D eigenvalue weighted by molar-refractivity contribution is 0.0935. The van der Waals surface area contributed by atoms with E-state index in [4.69, 9.17) is 0 Å². The van der Waals surface area contributed by atoms with Crippen molar-refractivity contribution in [2.24, 2.45) is 0 Å². The summed E-state index contributed by atoms with van der Waals surface area (Å²) in [6.07, 6.45) is 3.75. The van der Waals surface area contributed by atoms with E-state index in [9.17, 15) is 15.0 Å². The first-order valence-electron chi connectivity index (χ1n) is 7.37. The number of rotatable bonds is 1. The van der Waals surface area contributed by atoms with Crippen LogP contribution in [0.1, 0.15) is 45.4 Å². The van der Waals surface area contributed by atoms with Gasteiger partial charge in [0.2, 0.25) is 0 Å². The minimum absolute atomic E-state index is 0.0420. The van der Waals surface area contributed by atoms with Crippen LogP contribution in [0.2, 0.25) is 0 Å². The molecule has 1 aliphatic heterocycles. The van der Waals surface area contributed by atoms with E-state index >= 15 is 0 Å². The molecule has 1 aliphatic carbocycles. The zero-order chi connectivity index (χ0) is 15.3. The van der Waals surface area contributed by atoms with Crippen molar-refractivity contribution in [3.63, 3.8) is 0 Å². The Kier molecular flexibility index (Phi) is 3.00. The molecule has 4 rings (SSSR count). The number of carbonyl (C=O) groups is 1. The first kappa shape index (κ1) is 13.5. The standard InChI is InChI=1S/C16H16N2O3S/c19-8-5-6-11(20)10(7-8)14-17-15(21)13-9-3-1-2-4-12(9)22-16(13)18-14/h5-7,14,18-20H,1-4H2,(H,17,21). The fourth-order valence-corrected chi connectivity index (χ4v) is 4.52. The van der Waals surface area contributed by atoms with Gasteiger partial charge in [-0.1, -0.05) is 0 Å². The summed E-state index contributed by atoms with van der Waals surface area (Å²) in [5.41, 5.74) is 2.40. The molecule has 0 radical (unpaired) electrons. The van der Waals surface area contributed by atoms with E-state index in [-0.39, 0.29) is 17.4 Å². The van der Waals surface area contributed by atoms with Gasteiger partial charge in [-0.25, -0.2) is 0 Å². The van der Waals surface area contributed by atoms with Crippen LogP contribution in [0.5, 0.6) is 11.5 Å². The molecule has 6 heteroatoms. The van der Waals surface area contributed by atoms with E-state index in [1.54, 1.807) is 11.3 Å². The second kappa shape index (κ2) is 4.91. The number of aryl methyl sites for hydroxylation is 1. The lowest BCUT2D eigenvalue weighted by atomic mass is 9.94. The molecule has 1 atom stereocenters. The van der Waals surface area contributed by atoms with E-state index < -0.39 is 6.17 Å². The molecule has 22 heavy (non-hydrogen) atoms. The molecule has 1 aromatic carbocycles. The third-order valence-corrected chi connectivity index (χ3v) is 5.49. The highest BCUT2D eigenvalue weighted by Gasteiger charge is 2.32. The van der Waals surface area contributed by atoms with Crippen LogP contribution < -0.4 is 10.6 Å². The first-order valence-corrected chi connectivity index (χ1v) is 8.19. The summed E-state index contributed by atoms with van der Waals surface area (Å²) in [6, 6.07) is 4.30. The van der Waals surface area contributed by atoms with Crippen molar-refractivity contribution >= 4 is 22.2 Å². The highest BCUT2D eigenvalue weighted by atomic mass is 32.1. The number of amides is 1. The summed E-state index contributed by atoms with van der Waals surface area (Å²) >= 11 is 1.63. The molecule has 0 saturated carbocycles. The van der Waals surface area contributed by atoms with Gasteiger partial charge in [0, 0.05) is 10.4 Å². The van der Waals surface area contributed by atoms with Gasteiger partial charge < -0.3 is 20.8 Å². The number of benzene rings is 1. The maximum Gasteiger partial charge on any atom is 0.256 e. The summed E-state index contributed by atoms with van der Waals surface area (Å²) in [7, 11) is 0. The summed E-state index contributed by atoms with van der Waals surface area (Å²) in [5, 5.41) is 26.6. The Morgan fingerprint density at radius 2 is 1.95 bits per heavy atom. The van der Waals surface area contributed by atoms with Gasteiger partial charge in [-0.2, -0.15) is 0 Å². The van der Waals surface area contributed by atoms with Gasteiger partial charge in [-0.05, 0) is 49.4 Å². The van der Waals surface area contributed by atoms with Crippen molar-refractivity contribution in [2.45, 2.75) is 31.8 Å². The van der Waals surface area contributed by atoms with Crippen LogP contribution in [0, 0.1) is 0 Å². The van der Waals surface area contributed by atoms with Gasteiger partial charge in [0.25, 0.3) is 5.91 Å².